The SMILES string of the molecule is COc1ccc(OC)c(NC(=O)CCc2nc(-c3ccccc3Cl)no2)c1. The van der Waals surface area contributed by atoms with Crippen molar-refractivity contribution >= 4 is 23.2 Å². The Bertz CT molecular complexity index is 942. The molecule has 0 fully saturated rings. The van der Waals surface area contributed by atoms with Crippen molar-refractivity contribution in [1.82, 2.24) is 10.1 Å². The van der Waals surface area contributed by atoms with Gasteiger partial charge in [0, 0.05) is 24.5 Å². The predicted octanol–water partition coefficient (Wildman–Crippen LogP) is 3.98. The van der Waals surface area contributed by atoms with Crippen LogP contribution in [0.15, 0.2) is 47.0 Å². The highest BCUT2D eigenvalue weighted by Crippen LogP contribution is 2.29. The van der Waals surface area contributed by atoms with E-state index in [-0.39, 0.29) is 12.3 Å². The summed E-state index contributed by atoms with van der Waals surface area (Å²) in [4.78, 5) is 16.6. The molecule has 0 unspecified atom stereocenters. The molecule has 1 heterocycles. The van der Waals surface area contributed by atoms with E-state index in [1.165, 1.54) is 7.11 Å². The number of hydrogen-bond acceptors (Lipinski definition) is 6. The number of nitrogens with zero attached hydrogens (tertiary/aromatic N) is 2. The fourth-order valence-electron chi connectivity index (χ4n) is 2.45. The highest BCUT2D eigenvalue weighted by Gasteiger charge is 2.14. The summed E-state index contributed by atoms with van der Waals surface area (Å²) in [7, 11) is 3.09. The van der Waals surface area contributed by atoms with E-state index in [1.807, 2.05) is 12.1 Å². The van der Waals surface area contributed by atoms with Crippen molar-refractivity contribution in [2.75, 3.05) is 19.5 Å². The number of anilines is 1. The molecule has 0 radical (unpaired) electrons. The number of carbonyl (C=O) groups is 1. The Hall–Kier alpha value is -3.06. The monoisotopic (exact) mass is 387 g/mol. The van der Waals surface area contributed by atoms with Crippen molar-refractivity contribution in [2.45, 2.75) is 12.8 Å². The van der Waals surface area contributed by atoms with Crippen LogP contribution in [0.4, 0.5) is 5.69 Å². The minimum Gasteiger partial charge on any atom is -0.497 e. The molecule has 3 aromatic rings. The molecular weight excluding hydrogens is 370 g/mol. The average molecular weight is 388 g/mol. The first-order valence-electron chi connectivity index (χ1n) is 8.20. The lowest BCUT2D eigenvalue weighted by molar-refractivity contribution is -0.116. The van der Waals surface area contributed by atoms with Gasteiger partial charge in [-0.25, -0.2) is 0 Å². The summed E-state index contributed by atoms with van der Waals surface area (Å²) >= 11 is 6.13. The van der Waals surface area contributed by atoms with E-state index in [0.29, 0.717) is 45.9 Å². The van der Waals surface area contributed by atoms with Gasteiger partial charge in [-0.05, 0) is 24.3 Å². The summed E-state index contributed by atoms with van der Waals surface area (Å²) in [6, 6.07) is 12.4. The molecule has 0 aliphatic rings. The summed E-state index contributed by atoms with van der Waals surface area (Å²) in [5.41, 5.74) is 1.21. The minimum atomic E-state index is -0.209. The van der Waals surface area contributed by atoms with Crippen molar-refractivity contribution in [2.24, 2.45) is 0 Å². The van der Waals surface area contributed by atoms with Gasteiger partial charge in [-0.2, -0.15) is 4.98 Å². The maximum absolute atomic E-state index is 12.3. The first-order valence-corrected chi connectivity index (χ1v) is 8.58. The highest BCUT2D eigenvalue weighted by molar-refractivity contribution is 6.33. The highest BCUT2D eigenvalue weighted by atomic mass is 35.5. The second-order valence-corrected chi connectivity index (χ2v) is 6.01. The Morgan fingerprint density at radius 2 is 2.00 bits per heavy atom. The van der Waals surface area contributed by atoms with E-state index in [9.17, 15) is 4.79 Å². The molecule has 2 aromatic carbocycles. The van der Waals surface area contributed by atoms with Crippen LogP contribution in [0.3, 0.4) is 0 Å². The Balaban J connectivity index is 1.63. The van der Waals surface area contributed by atoms with Crippen molar-refractivity contribution in [1.29, 1.82) is 0 Å². The minimum absolute atomic E-state index is 0.171. The van der Waals surface area contributed by atoms with Crippen LogP contribution in [0.1, 0.15) is 12.3 Å². The van der Waals surface area contributed by atoms with Gasteiger partial charge in [0.05, 0.1) is 24.9 Å². The number of aromatic nitrogens is 2. The Kier molecular flexibility index (Phi) is 5.93. The number of aryl methyl sites for hydroxylation is 1. The number of carbonyl (C=O) groups excluding carboxylic acids is 1. The zero-order valence-electron chi connectivity index (χ0n) is 14.9. The van der Waals surface area contributed by atoms with E-state index >= 15 is 0 Å². The molecule has 7 nitrogen and oxygen atoms in total. The van der Waals surface area contributed by atoms with E-state index in [2.05, 4.69) is 15.5 Å². The zero-order chi connectivity index (χ0) is 19.2. The smallest absolute Gasteiger partial charge is 0.227 e. The maximum Gasteiger partial charge on any atom is 0.227 e. The number of benzene rings is 2. The van der Waals surface area contributed by atoms with E-state index in [0.717, 1.165) is 0 Å². The van der Waals surface area contributed by atoms with Gasteiger partial charge in [-0.1, -0.05) is 28.9 Å². The Labute approximate surface area is 161 Å². The van der Waals surface area contributed by atoms with Crippen molar-refractivity contribution in [3.63, 3.8) is 0 Å². The van der Waals surface area contributed by atoms with Crippen LogP contribution < -0.4 is 14.8 Å². The number of halogens is 1. The lowest BCUT2D eigenvalue weighted by atomic mass is 10.2. The van der Waals surface area contributed by atoms with Gasteiger partial charge >= 0.3 is 0 Å². The number of nitrogens with one attached hydrogen (secondary N) is 1. The quantitative estimate of drug-likeness (QED) is 0.659. The Morgan fingerprint density at radius 3 is 2.74 bits per heavy atom. The lowest BCUT2D eigenvalue weighted by Gasteiger charge is -2.11. The number of rotatable bonds is 7. The number of ether oxygens (including phenoxy) is 2. The van der Waals surface area contributed by atoms with E-state index in [4.69, 9.17) is 25.6 Å². The maximum atomic E-state index is 12.3. The van der Waals surface area contributed by atoms with Gasteiger partial charge in [0.15, 0.2) is 0 Å². The second-order valence-electron chi connectivity index (χ2n) is 5.61. The second kappa shape index (κ2) is 8.55. The van der Waals surface area contributed by atoms with Gasteiger partial charge in [0.25, 0.3) is 0 Å². The molecule has 0 atom stereocenters. The van der Waals surface area contributed by atoms with E-state index in [1.54, 1.807) is 37.4 Å². The molecule has 140 valence electrons. The molecule has 1 amide bonds. The number of hydrogen-bond donors (Lipinski definition) is 1. The van der Waals surface area contributed by atoms with Crippen LogP contribution in [-0.2, 0) is 11.2 Å². The summed E-state index contributed by atoms with van der Waals surface area (Å²) in [5.74, 6) is 1.71. The Morgan fingerprint density at radius 1 is 1.19 bits per heavy atom. The molecule has 1 N–H and O–H groups in total. The molecule has 0 aliphatic carbocycles. The fraction of sp³-hybridized carbons (Fsp3) is 0.211. The molecular formula is C19H18ClN3O4. The van der Waals surface area contributed by atoms with Gasteiger partial charge in [-0.15, -0.1) is 0 Å². The third-order valence-corrected chi connectivity index (χ3v) is 4.16. The lowest BCUT2D eigenvalue weighted by Crippen LogP contribution is -2.13. The van der Waals surface area contributed by atoms with Crippen LogP contribution >= 0.6 is 11.6 Å². The third kappa shape index (κ3) is 4.57. The number of amides is 1. The molecule has 0 saturated heterocycles. The van der Waals surface area contributed by atoms with Gasteiger partial charge in [-0.3, -0.25) is 4.79 Å². The molecule has 0 spiro atoms. The molecule has 3 rings (SSSR count). The molecule has 1 aromatic heterocycles. The standard InChI is InChI=1S/C19H18ClN3O4/c1-25-12-7-8-16(26-2)15(11-12)21-17(24)9-10-18-22-19(23-27-18)13-5-3-4-6-14(13)20/h3-8,11H,9-10H2,1-2H3,(H,21,24). The number of methoxy groups -OCH3 is 2. The molecule has 0 saturated carbocycles. The van der Waals surface area contributed by atoms with Crippen molar-refractivity contribution < 1.29 is 18.8 Å². The first-order chi connectivity index (χ1) is 13.1. The summed E-state index contributed by atoms with van der Waals surface area (Å²) in [6.07, 6.45) is 0.472. The summed E-state index contributed by atoms with van der Waals surface area (Å²) in [6.45, 7) is 0. The van der Waals surface area contributed by atoms with Crippen molar-refractivity contribution in [3.8, 4) is 22.9 Å². The summed E-state index contributed by atoms with van der Waals surface area (Å²) in [5, 5.41) is 7.25. The normalized spacial score (nSPS) is 10.5. The van der Waals surface area contributed by atoms with Crippen molar-refractivity contribution in [3.05, 3.63) is 53.4 Å². The molecule has 0 bridgehead atoms. The predicted molar refractivity (Wildman–Crippen MR) is 101 cm³/mol. The average Bonchev–Trinajstić information content (AvgIpc) is 3.15. The summed E-state index contributed by atoms with van der Waals surface area (Å²) < 4.78 is 15.6. The van der Waals surface area contributed by atoms with Crippen LogP contribution in [0.25, 0.3) is 11.4 Å². The van der Waals surface area contributed by atoms with Crippen LogP contribution in [0, 0.1) is 0 Å². The molecule has 0 aliphatic heterocycles. The van der Waals surface area contributed by atoms with Gasteiger partial charge < -0.3 is 19.3 Å². The zero-order valence-corrected chi connectivity index (χ0v) is 15.6. The first kappa shape index (κ1) is 18.7. The third-order valence-electron chi connectivity index (χ3n) is 3.83. The van der Waals surface area contributed by atoms with Crippen LogP contribution in [-0.4, -0.2) is 30.3 Å². The fourth-order valence-corrected chi connectivity index (χ4v) is 2.67. The van der Waals surface area contributed by atoms with Gasteiger partial charge in [0.2, 0.25) is 17.6 Å². The van der Waals surface area contributed by atoms with Crippen LogP contribution in [0.2, 0.25) is 5.02 Å². The topological polar surface area (TPSA) is 86.5 Å². The molecule has 27 heavy (non-hydrogen) atoms. The van der Waals surface area contributed by atoms with Gasteiger partial charge in [0.1, 0.15) is 11.5 Å². The van der Waals surface area contributed by atoms with Crippen LogP contribution in [0.5, 0.6) is 11.5 Å². The largest absolute Gasteiger partial charge is 0.497 e. The molecule has 8 heteroatoms. The van der Waals surface area contributed by atoms with E-state index < -0.39 is 0 Å².